The SMILES string of the molecule is Cc1cc(Cl)ccc1NC(=O)/C(C#N)=C/c1ccc(-c2cccc(Cl)c2Cl)o1. The predicted octanol–water partition coefficient (Wildman–Crippen LogP) is 6.76. The lowest BCUT2D eigenvalue weighted by Crippen LogP contribution is -2.14. The number of amides is 1. The number of rotatable bonds is 4. The number of aryl methyl sites for hydroxylation is 1. The molecule has 0 atom stereocenters. The second kappa shape index (κ2) is 8.53. The summed E-state index contributed by atoms with van der Waals surface area (Å²) in [6.45, 7) is 1.81. The van der Waals surface area contributed by atoms with Gasteiger partial charge in [0.25, 0.3) is 5.91 Å². The Bertz CT molecular complexity index is 1130. The van der Waals surface area contributed by atoms with Gasteiger partial charge in [0.15, 0.2) is 0 Å². The summed E-state index contributed by atoms with van der Waals surface area (Å²) in [5.41, 5.74) is 1.87. The van der Waals surface area contributed by atoms with Gasteiger partial charge >= 0.3 is 0 Å². The molecule has 0 fully saturated rings. The molecule has 0 saturated carbocycles. The number of furan rings is 1. The summed E-state index contributed by atoms with van der Waals surface area (Å²) in [6, 6.07) is 15.5. The number of hydrogen-bond donors (Lipinski definition) is 1. The third-order valence-corrected chi connectivity index (χ3v) is 4.99. The van der Waals surface area contributed by atoms with Gasteiger partial charge in [0.05, 0.1) is 10.0 Å². The summed E-state index contributed by atoms with van der Waals surface area (Å²) in [5.74, 6) is 0.266. The quantitative estimate of drug-likeness (QED) is 0.366. The maximum atomic E-state index is 12.4. The lowest BCUT2D eigenvalue weighted by atomic mass is 10.1. The summed E-state index contributed by atoms with van der Waals surface area (Å²) in [4.78, 5) is 12.4. The topological polar surface area (TPSA) is 66.0 Å². The monoisotopic (exact) mass is 430 g/mol. The van der Waals surface area contributed by atoms with Gasteiger partial charge in [0.1, 0.15) is 23.2 Å². The van der Waals surface area contributed by atoms with E-state index in [1.807, 2.05) is 13.0 Å². The van der Waals surface area contributed by atoms with Gasteiger partial charge in [0.2, 0.25) is 0 Å². The molecule has 1 N–H and O–H groups in total. The molecular weight excluding hydrogens is 419 g/mol. The van der Waals surface area contributed by atoms with E-state index in [1.54, 1.807) is 48.5 Å². The van der Waals surface area contributed by atoms with E-state index < -0.39 is 5.91 Å². The molecule has 0 radical (unpaired) electrons. The standard InChI is InChI=1S/C21H13Cl3N2O2/c1-12-9-14(22)5-7-18(12)26-21(27)13(11-25)10-15-6-8-19(28-15)16-3-2-4-17(23)20(16)24/h2-10H,1H3,(H,26,27)/b13-10+. The van der Waals surface area contributed by atoms with Crippen molar-refractivity contribution in [2.75, 3.05) is 5.32 Å². The van der Waals surface area contributed by atoms with E-state index >= 15 is 0 Å². The van der Waals surface area contributed by atoms with Crippen molar-refractivity contribution in [1.29, 1.82) is 5.26 Å². The first-order valence-electron chi connectivity index (χ1n) is 8.12. The first-order chi connectivity index (χ1) is 13.4. The molecule has 2 aromatic carbocycles. The number of nitrogens with zero attached hydrogens (tertiary/aromatic N) is 1. The number of hydrogen-bond acceptors (Lipinski definition) is 3. The highest BCUT2D eigenvalue weighted by Gasteiger charge is 2.14. The Morgan fingerprint density at radius 3 is 2.64 bits per heavy atom. The predicted molar refractivity (Wildman–Crippen MR) is 113 cm³/mol. The molecule has 140 valence electrons. The highest BCUT2D eigenvalue weighted by Crippen LogP contribution is 2.34. The van der Waals surface area contributed by atoms with Crippen LogP contribution in [0.15, 0.2) is 58.5 Å². The fourth-order valence-corrected chi connectivity index (χ4v) is 3.14. The minimum Gasteiger partial charge on any atom is -0.457 e. The number of anilines is 1. The number of carbonyl (C=O) groups excluding carboxylic acids is 1. The molecule has 4 nitrogen and oxygen atoms in total. The Hall–Kier alpha value is -2.71. The highest BCUT2D eigenvalue weighted by atomic mass is 35.5. The molecule has 28 heavy (non-hydrogen) atoms. The molecule has 1 heterocycles. The van der Waals surface area contributed by atoms with Gasteiger partial charge in [0, 0.05) is 22.3 Å². The van der Waals surface area contributed by atoms with Crippen molar-refractivity contribution in [3.63, 3.8) is 0 Å². The van der Waals surface area contributed by atoms with Crippen LogP contribution in [-0.4, -0.2) is 5.91 Å². The lowest BCUT2D eigenvalue weighted by molar-refractivity contribution is -0.112. The fourth-order valence-electron chi connectivity index (χ4n) is 2.52. The van der Waals surface area contributed by atoms with Gasteiger partial charge in [-0.05, 0) is 55.0 Å². The Morgan fingerprint density at radius 1 is 1.14 bits per heavy atom. The molecule has 0 saturated heterocycles. The zero-order valence-corrected chi connectivity index (χ0v) is 16.9. The van der Waals surface area contributed by atoms with Crippen molar-refractivity contribution in [3.8, 4) is 17.4 Å². The first-order valence-corrected chi connectivity index (χ1v) is 9.26. The highest BCUT2D eigenvalue weighted by molar-refractivity contribution is 6.43. The molecule has 1 aromatic heterocycles. The van der Waals surface area contributed by atoms with Crippen LogP contribution < -0.4 is 5.32 Å². The van der Waals surface area contributed by atoms with E-state index in [9.17, 15) is 10.1 Å². The fraction of sp³-hybridized carbons (Fsp3) is 0.0476. The van der Waals surface area contributed by atoms with Gasteiger partial charge in [-0.15, -0.1) is 0 Å². The smallest absolute Gasteiger partial charge is 0.266 e. The van der Waals surface area contributed by atoms with Crippen molar-refractivity contribution in [2.45, 2.75) is 6.92 Å². The van der Waals surface area contributed by atoms with Gasteiger partial charge in [-0.1, -0.05) is 40.9 Å². The maximum Gasteiger partial charge on any atom is 0.266 e. The first kappa shape index (κ1) is 20.0. The molecule has 3 rings (SSSR count). The average molecular weight is 432 g/mol. The largest absolute Gasteiger partial charge is 0.457 e. The molecule has 0 spiro atoms. The molecular formula is C21H13Cl3N2O2. The number of carbonyl (C=O) groups is 1. The molecule has 3 aromatic rings. The Kier molecular flexibility index (Phi) is 6.11. The zero-order chi connectivity index (χ0) is 20.3. The van der Waals surface area contributed by atoms with Crippen LogP contribution in [0.2, 0.25) is 15.1 Å². The summed E-state index contributed by atoms with van der Waals surface area (Å²) in [6.07, 6.45) is 1.36. The van der Waals surface area contributed by atoms with Crippen molar-refractivity contribution in [2.24, 2.45) is 0 Å². The van der Waals surface area contributed by atoms with Crippen LogP contribution in [0.5, 0.6) is 0 Å². The lowest BCUT2D eigenvalue weighted by Gasteiger charge is -2.07. The Labute approximate surface area is 176 Å². The van der Waals surface area contributed by atoms with Crippen LogP contribution >= 0.6 is 34.8 Å². The summed E-state index contributed by atoms with van der Waals surface area (Å²) >= 11 is 18.1. The molecule has 0 bridgehead atoms. The number of nitrogens with one attached hydrogen (secondary N) is 1. The molecule has 7 heteroatoms. The molecule has 0 aliphatic carbocycles. The summed E-state index contributed by atoms with van der Waals surface area (Å²) in [7, 11) is 0. The van der Waals surface area contributed by atoms with E-state index in [2.05, 4.69) is 5.32 Å². The normalized spacial score (nSPS) is 11.2. The van der Waals surface area contributed by atoms with Crippen LogP contribution in [0, 0.1) is 18.3 Å². The Morgan fingerprint density at radius 2 is 1.93 bits per heavy atom. The second-order valence-corrected chi connectivity index (χ2v) is 7.11. The van der Waals surface area contributed by atoms with Gasteiger partial charge < -0.3 is 9.73 Å². The molecule has 0 unspecified atom stereocenters. The van der Waals surface area contributed by atoms with Crippen molar-refractivity contribution >= 4 is 52.5 Å². The number of halogens is 3. The van der Waals surface area contributed by atoms with Crippen LogP contribution in [0.25, 0.3) is 17.4 Å². The van der Waals surface area contributed by atoms with Gasteiger partial charge in [-0.25, -0.2) is 0 Å². The van der Waals surface area contributed by atoms with E-state index in [-0.39, 0.29) is 5.57 Å². The van der Waals surface area contributed by atoms with Gasteiger partial charge in [-0.3, -0.25) is 4.79 Å². The van der Waals surface area contributed by atoms with Crippen molar-refractivity contribution < 1.29 is 9.21 Å². The van der Waals surface area contributed by atoms with Crippen LogP contribution in [0.1, 0.15) is 11.3 Å². The average Bonchev–Trinajstić information content (AvgIpc) is 3.12. The second-order valence-electron chi connectivity index (χ2n) is 5.89. The van der Waals surface area contributed by atoms with Crippen LogP contribution in [-0.2, 0) is 4.79 Å². The van der Waals surface area contributed by atoms with E-state index in [4.69, 9.17) is 39.2 Å². The van der Waals surface area contributed by atoms with Crippen molar-refractivity contribution in [3.05, 3.63) is 80.5 Å². The van der Waals surface area contributed by atoms with Crippen LogP contribution in [0.3, 0.4) is 0 Å². The van der Waals surface area contributed by atoms with E-state index in [0.717, 1.165) is 5.56 Å². The van der Waals surface area contributed by atoms with Gasteiger partial charge in [-0.2, -0.15) is 5.26 Å². The maximum absolute atomic E-state index is 12.4. The Balaban J connectivity index is 1.85. The van der Waals surface area contributed by atoms with E-state index in [0.29, 0.717) is 37.8 Å². The summed E-state index contributed by atoms with van der Waals surface area (Å²) in [5, 5.41) is 13.4. The third-order valence-electron chi connectivity index (χ3n) is 3.93. The van der Waals surface area contributed by atoms with Crippen LogP contribution in [0.4, 0.5) is 5.69 Å². The molecule has 1 amide bonds. The number of nitriles is 1. The minimum absolute atomic E-state index is 0.104. The van der Waals surface area contributed by atoms with Crippen molar-refractivity contribution in [1.82, 2.24) is 0 Å². The summed E-state index contributed by atoms with van der Waals surface area (Å²) < 4.78 is 5.71. The third kappa shape index (κ3) is 4.40. The molecule has 0 aliphatic rings. The van der Waals surface area contributed by atoms with E-state index in [1.165, 1.54) is 6.08 Å². The minimum atomic E-state index is -0.549. The number of benzene rings is 2. The molecule has 0 aliphatic heterocycles. The zero-order valence-electron chi connectivity index (χ0n) is 14.6.